The van der Waals surface area contributed by atoms with Crippen molar-refractivity contribution in [1.29, 1.82) is 0 Å². The minimum absolute atomic E-state index is 0.206. The van der Waals surface area contributed by atoms with Gasteiger partial charge in [0.05, 0.1) is 11.8 Å². The number of thiazole rings is 1. The number of ether oxygens (including phenoxy) is 1. The van der Waals surface area contributed by atoms with Crippen LogP contribution in [-0.2, 0) is 6.54 Å². The Morgan fingerprint density at radius 3 is 2.61 bits per heavy atom. The maximum atomic E-state index is 5.62. The Bertz CT molecular complexity index is 491. The van der Waals surface area contributed by atoms with Gasteiger partial charge in [-0.15, -0.1) is 11.3 Å². The van der Waals surface area contributed by atoms with Gasteiger partial charge in [0, 0.05) is 17.5 Å². The summed E-state index contributed by atoms with van der Waals surface area (Å²) in [5.41, 5.74) is 2.22. The number of hydrogen-bond donors (Lipinski definition) is 1. The first-order valence-electron chi connectivity index (χ1n) is 6.05. The van der Waals surface area contributed by atoms with Crippen molar-refractivity contribution < 1.29 is 4.74 Å². The number of hydrogen-bond acceptors (Lipinski definition) is 4. The highest BCUT2D eigenvalue weighted by Gasteiger charge is 2.05. The monoisotopic (exact) mass is 262 g/mol. The molecule has 0 atom stereocenters. The first kappa shape index (κ1) is 13.1. The van der Waals surface area contributed by atoms with Crippen LogP contribution in [0.4, 0.5) is 0 Å². The van der Waals surface area contributed by atoms with Crippen LogP contribution in [0.5, 0.6) is 5.75 Å². The predicted molar refractivity (Wildman–Crippen MR) is 76.1 cm³/mol. The van der Waals surface area contributed by atoms with E-state index < -0.39 is 0 Å². The van der Waals surface area contributed by atoms with E-state index in [1.54, 1.807) is 11.3 Å². The van der Waals surface area contributed by atoms with E-state index in [1.807, 2.05) is 33.0 Å². The molecule has 0 saturated heterocycles. The van der Waals surface area contributed by atoms with Gasteiger partial charge in [-0.3, -0.25) is 0 Å². The maximum Gasteiger partial charge on any atom is 0.123 e. The highest BCUT2D eigenvalue weighted by Crippen LogP contribution is 2.26. The van der Waals surface area contributed by atoms with Crippen molar-refractivity contribution in [2.24, 2.45) is 0 Å². The lowest BCUT2D eigenvalue weighted by Crippen LogP contribution is -2.05. The lowest BCUT2D eigenvalue weighted by molar-refractivity contribution is 0.242. The molecule has 0 radical (unpaired) electrons. The number of aromatic nitrogens is 1. The Hall–Kier alpha value is -1.39. The SMILES string of the molecule is CNCc1csc(-c2ccc(OC(C)C)cc2)n1. The van der Waals surface area contributed by atoms with E-state index in [9.17, 15) is 0 Å². The molecule has 0 aliphatic carbocycles. The highest BCUT2D eigenvalue weighted by molar-refractivity contribution is 7.13. The molecule has 0 amide bonds. The van der Waals surface area contributed by atoms with Crippen molar-refractivity contribution in [2.75, 3.05) is 7.05 Å². The van der Waals surface area contributed by atoms with Crippen molar-refractivity contribution in [3.63, 3.8) is 0 Å². The second-order valence-corrected chi connectivity index (χ2v) is 5.22. The summed E-state index contributed by atoms with van der Waals surface area (Å²) >= 11 is 1.67. The van der Waals surface area contributed by atoms with Gasteiger partial charge in [0.1, 0.15) is 10.8 Å². The van der Waals surface area contributed by atoms with Gasteiger partial charge in [-0.05, 0) is 45.2 Å². The van der Waals surface area contributed by atoms with E-state index in [-0.39, 0.29) is 6.10 Å². The number of nitrogens with one attached hydrogen (secondary N) is 1. The molecule has 2 rings (SSSR count). The topological polar surface area (TPSA) is 34.1 Å². The van der Waals surface area contributed by atoms with E-state index in [2.05, 4.69) is 27.8 Å². The molecule has 0 bridgehead atoms. The Morgan fingerprint density at radius 2 is 2.00 bits per heavy atom. The van der Waals surface area contributed by atoms with E-state index in [0.717, 1.165) is 28.6 Å². The van der Waals surface area contributed by atoms with E-state index >= 15 is 0 Å². The lowest BCUT2D eigenvalue weighted by Gasteiger charge is -2.09. The largest absolute Gasteiger partial charge is 0.491 e. The summed E-state index contributed by atoms with van der Waals surface area (Å²) in [5, 5.41) is 6.24. The summed E-state index contributed by atoms with van der Waals surface area (Å²) in [5.74, 6) is 0.903. The van der Waals surface area contributed by atoms with Gasteiger partial charge < -0.3 is 10.1 Å². The molecule has 1 N–H and O–H groups in total. The van der Waals surface area contributed by atoms with Crippen LogP contribution < -0.4 is 10.1 Å². The first-order valence-corrected chi connectivity index (χ1v) is 6.93. The molecule has 1 aromatic heterocycles. The molecular weight excluding hydrogens is 244 g/mol. The van der Waals surface area contributed by atoms with Crippen LogP contribution in [0.1, 0.15) is 19.5 Å². The minimum Gasteiger partial charge on any atom is -0.491 e. The van der Waals surface area contributed by atoms with Crippen molar-refractivity contribution in [3.05, 3.63) is 35.3 Å². The predicted octanol–water partition coefficient (Wildman–Crippen LogP) is 3.32. The molecule has 0 spiro atoms. The Balaban J connectivity index is 2.12. The van der Waals surface area contributed by atoms with Gasteiger partial charge in [-0.1, -0.05) is 0 Å². The van der Waals surface area contributed by atoms with E-state index in [4.69, 9.17) is 4.74 Å². The average Bonchev–Trinajstić information content (AvgIpc) is 2.78. The lowest BCUT2D eigenvalue weighted by atomic mass is 10.2. The van der Waals surface area contributed by atoms with Crippen molar-refractivity contribution >= 4 is 11.3 Å². The summed E-state index contributed by atoms with van der Waals surface area (Å²) in [7, 11) is 1.93. The van der Waals surface area contributed by atoms with Crippen LogP contribution in [0.3, 0.4) is 0 Å². The summed E-state index contributed by atoms with van der Waals surface area (Å²) < 4.78 is 5.62. The van der Waals surface area contributed by atoms with Gasteiger partial charge in [-0.25, -0.2) is 4.98 Å². The molecule has 4 heteroatoms. The smallest absolute Gasteiger partial charge is 0.123 e. The first-order chi connectivity index (χ1) is 8.69. The third kappa shape index (κ3) is 3.31. The molecule has 96 valence electrons. The van der Waals surface area contributed by atoms with E-state index in [1.165, 1.54) is 0 Å². The Labute approximate surface area is 112 Å². The zero-order valence-electron chi connectivity index (χ0n) is 10.9. The van der Waals surface area contributed by atoms with Gasteiger partial charge in [0.25, 0.3) is 0 Å². The second kappa shape index (κ2) is 5.98. The summed E-state index contributed by atoms with van der Waals surface area (Å²) in [6, 6.07) is 8.10. The standard InChI is InChI=1S/C14H18N2OS/c1-10(2)17-13-6-4-11(5-7-13)14-16-12(8-15-3)9-18-14/h4-7,9-10,15H,8H2,1-3H3. The van der Waals surface area contributed by atoms with Crippen LogP contribution in [0.2, 0.25) is 0 Å². The van der Waals surface area contributed by atoms with Gasteiger partial charge >= 0.3 is 0 Å². The molecular formula is C14H18N2OS. The van der Waals surface area contributed by atoms with Gasteiger partial charge in [-0.2, -0.15) is 0 Å². The van der Waals surface area contributed by atoms with Crippen LogP contribution in [0, 0.1) is 0 Å². The zero-order chi connectivity index (χ0) is 13.0. The van der Waals surface area contributed by atoms with Crippen LogP contribution >= 0.6 is 11.3 Å². The normalized spacial score (nSPS) is 10.9. The maximum absolute atomic E-state index is 5.62. The van der Waals surface area contributed by atoms with Gasteiger partial charge in [0.15, 0.2) is 0 Å². The molecule has 0 unspecified atom stereocenters. The van der Waals surface area contributed by atoms with Gasteiger partial charge in [0.2, 0.25) is 0 Å². The third-order valence-corrected chi connectivity index (χ3v) is 3.32. The fourth-order valence-corrected chi connectivity index (χ4v) is 2.48. The summed E-state index contributed by atoms with van der Waals surface area (Å²) in [6.07, 6.45) is 0.206. The summed E-state index contributed by atoms with van der Waals surface area (Å²) in [6.45, 7) is 4.86. The minimum atomic E-state index is 0.206. The van der Waals surface area contributed by atoms with Crippen molar-refractivity contribution in [2.45, 2.75) is 26.5 Å². The molecule has 0 aliphatic heterocycles. The molecule has 18 heavy (non-hydrogen) atoms. The number of rotatable bonds is 5. The quantitative estimate of drug-likeness (QED) is 0.897. The molecule has 3 nitrogen and oxygen atoms in total. The fraction of sp³-hybridized carbons (Fsp3) is 0.357. The third-order valence-electron chi connectivity index (χ3n) is 2.38. The molecule has 0 saturated carbocycles. The molecule has 1 heterocycles. The Kier molecular flexibility index (Phi) is 4.33. The highest BCUT2D eigenvalue weighted by atomic mass is 32.1. The van der Waals surface area contributed by atoms with Crippen molar-refractivity contribution in [1.82, 2.24) is 10.3 Å². The molecule has 0 aliphatic rings. The van der Waals surface area contributed by atoms with E-state index in [0.29, 0.717) is 0 Å². The zero-order valence-corrected chi connectivity index (χ0v) is 11.8. The molecule has 1 aromatic carbocycles. The number of nitrogens with zero attached hydrogens (tertiary/aromatic N) is 1. The fourth-order valence-electron chi connectivity index (χ4n) is 1.65. The van der Waals surface area contributed by atoms with Crippen LogP contribution in [-0.4, -0.2) is 18.1 Å². The Morgan fingerprint density at radius 1 is 1.28 bits per heavy atom. The average molecular weight is 262 g/mol. The summed E-state index contributed by atoms with van der Waals surface area (Å²) in [4.78, 5) is 4.58. The molecule has 0 fully saturated rings. The second-order valence-electron chi connectivity index (χ2n) is 4.37. The van der Waals surface area contributed by atoms with Crippen molar-refractivity contribution in [3.8, 4) is 16.3 Å². The molecule has 2 aromatic rings. The van der Waals surface area contributed by atoms with Crippen LogP contribution in [0.25, 0.3) is 10.6 Å². The number of benzene rings is 1. The van der Waals surface area contributed by atoms with Crippen LogP contribution in [0.15, 0.2) is 29.6 Å².